The normalized spacial score (nSPS) is 10.3. The fourth-order valence-corrected chi connectivity index (χ4v) is 2.03. The largest absolute Gasteiger partial charge is 0.481 e. The fourth-order valence-electron chi connectivity index (χ4n) is 2.03. The van der Waals surface area contributed by atoms with E-state index in [1.54, 1.807) is 13.2 Å². The molecule has 2 aromatic rings. The van der Waals surface area contributed by atoms with Crippen LogP contribution in [0.3, 0.4) is 0 Å². The van der Waals surface area contributed by atoms with Crippen LogP contribution in [0.1, 0.15) is 18.3 Å². The zero-order chi connectivity index (χ0) is 14.5. The molecule has 2 rings (SSSR count). The van der Waals surface area contributed by atoms with Crippen molar-refractivity contribution >= 4 is 11.5 Å². The highest BCUT2D eigenvalue weighted by atomic mass is 16.5. The molecule has 0 atom stereocenters. The third-order valence-corrected chi connectivity index (χ3v) is 3.07. The molecule has 20 heavy (non-hydrogen) atoms. The molecular formula is C15H20N4O. The highest BCUT2D eigenvalue weighted by molar-refractivity contribution is 5.63. The van der Waals surface area contributed by atoms with Gasteiger partial charge < -0.3 is 15.4 Å². The van der Waals surface area contributed by atoms with E-state index in [2.05, 4.69) is 21.8 Å². The van der Waals surface area contributed by atoms with Crippen LogP contribution < -0.4 is 15.4 Å². The third-order valence-electron chi connectivity index (χ3n) is 3.07. The van der Waals surface area contributed by atoms with Crippen molar-refractivity contribution in [3.63, 3.8) is 0 Å². The summed E-state index contributed by atoms with van der Waals surface area (Å²) in [5.74, 6) is 1.29. The first-order chi connectivity index (χ1) is 9.63. The van der Waals surface area contributed by atoms with Gasteiger partial charge in [-0.3, -0.25) is 4.98 Å². The number of hydrogen-bond donors (Lipinski definition) is 1. The van der Waals surface area contributed by atoms with Crippen LogP contribution >= 0.6 is 0 Å². The van der Waals surface area contributed by atoms with Gasteiger partial charge in [0, 0.05) is 18.3 Å². The molecule has 5 heteroatoms. The predicted molar refractivity (Wildman–Crippen MR) is 80.9 cm³/mol. The molecule has 2 aromatic heterocycles. The number of ether oxygens (including phenoxy) is 1. The lowest BCUT2D eigenvalue weighted by atomic mass is 10.2. The molecule has 106 valence electrons. The Morgan fingerprint density at radius 2 is 2.00 bits per heavy atom. The number of nitrogens with two attached hydrogens (primary N) is 1. The Morgan fingerprint density at radius 1 is 1.20 bits per heavy atom. The summed E-state index contributed by atoms with van der Waals surface area (Å²) >= 11 is 0. The molecule has 0 unspecified atom stereocenters. The Labute approximate surface area is 119 Å². The molecule has 0 fully saturated rings. The maximum Gasteiger partial charge on any atom is 0.215 e. The Kier molecular flexibility index (Phi) is 4.40. The van der Waals surface area contributed by atoms with Gasteiger partial charge in [-0.15, -0.1) is 0 Å². The van der Waals surface area contributed by atoms with Gasteiger partial charge in [-0.2, -0.15) is 4.98 Å². The summed E-state index contributed by atoms with van der Waals surface area (Å²) in [7, 11) is 1.60. The Hall–Kier alpha value is -2.30. The first-order valence-electron chi connectivity index (χ1n) is 6.62. The second-order valence-corrected chi connectivity index (χ2v) is 4.55. The molecule has 2 N–H and O–H groups in total. The number of aryl methyl sites for hydroxylation is 1. The first-order valence-corrected chi connectivity index (χ1v) is 6.62. The molecule has 0 aliphatic rings. The molecule has 2 heterocycles. The van der Waals surface area contributed by atoms with Crippen LogP contribution in [0.15, 0.2) is 30.3 Å². The molecule has 0 spiro atoms. The van der Waals surface area contributed by atoms with Crippen LogP contribution in [0, 0.1) is 6.92 Å². The van der Waals surface area contributed by atoms with E-state index in [1.165, 1.54) is 0 Å². The molecule has 5 nitrogen and oxygen atoms in total. The van der Waals surface area contributed by atoms with Crippen molar-refractivity contribution in [2.45, 2.75) is 20.4 Å². The van der Waals surface area contributed by atoms with Gasteiger partial charge in [-0.05, 0) is 32.0 Å². The zero-order valence-electron chi connectivity index (χ0n) is 12.1. The molecule has 0 aliphatic carbocycles. The smallest absolute Gasteiger partial charge is 0.215 e. The molecule has 0 amide bonds. The van der Waals surface area contributed by atoms with E-state index in [1.807, 2.05) is 31.2 Å². The standard InChI is InChI=1S/C15H20N4O/c1-4-19(10-12-7-5-6-11(2)17-12)15-13(16)8-9-14(18-15)20-3/h5-9H,4,10,16H2,1-3H3. The maximum atomic E-state index is 6.02. The van der Waals surface area contributed by atoms with E-state index in [-0.39, 0.29) is 0 Å². The highest BCUT2D eigenvalue weighted by Crippen LogP contribution is 2.24. The summed E-state index contributed by atoms with van der Waals surface area (Å²) in [6.07, 6.45) is 0. The Bertz CT molecular complexity index is 586. The van der Waals surface area contributed by atoms with Crippen LogP contribution in [-0.4, -0.2) is 23.6 Å². The van der Waals surface area contributed by atoms with E-state index in [0.29, 0.717) is 18.1 Å². The number of pyridine rings is 2. The summed E-state index contributed by atoms with van der Waals surface area (Å²) in [4.78, 5) is 11.0. The van der Waals surface area contributed by atoms with E-state index < -0.39 is 0 Å². The maximum absolute atomic E-state index is 6.02. The number of nitrogens with zero attached hydrogens (tertiary/aromatic N) is 3. The van der Waals surface area contributed by atoms with E-state index >= 15 is 0 Å². The quantitative estimate of drug-likeness (QED) is 0.905. The molecule has 0 radical (unpaired) electrons. The summed E-state index contributed by atoms with van der Waals surface area (Å²) in [6.45, 7) is 5.51. The Balaban J connectivity index is 2.28. The van der Waals surface area contributed by atoms with Crippen LogP contribution in [-0.2, 0) is 6.54 Å². The predicted octanol–water partition coefficient (Wildman–Crippen LogP) is 2.40. The van der Waals surface area contributed by atoms with Crippen LogP contribution in [0.25, 0.3) is 0 Å². The molecule has 0 saturated carbocycles. The minimum absolute atomic E-state index is 0.560. The Morgan fingerprint density at radius 3 is 2.65 bits per heavy atom. The number of methoxy groups -OCH3 is 1. The average Bonchev–Trinajstić information content (AvgIpc) is 2.46. The molecule has 0 bridgehead atoms. The second-order valence-electron chi connectivity index (χ2n) is 4.55. The van der Waals surface area contributed by atoms with Gasteiger partial charge in [-0.1, -0.05) is 6.07 Å². The molecule has 0 saturated heterocycles. The van der Waals surface area contributed by atoms with Crippen molar-refractivity contribution in [3.8, 4) is 5.88 Å². The van der Waals surface area contributed by atoms with Crippen molar-refractivity contribution in [1.29, 1.82) is 0 Å². The first kappa shape index (κ1) is 14.1. The molecule has 0 aromatic carbocycles. The second kappa shape index (κ2) is 6.23. The number of nitrogen functional groups attached to an aromatic ring is 1. The SMILES string of the molecule is CCN(Cc1cccc(C)n1)c1nc(OC)ccc1N. The number of aromatic nitrogens is 2. The lowest BCUT2D eigenvalue weighted by Crippen LogP contribution is -2.25. The van der Waals surface area contributed by atoms with E-state index in [0.717, 1.165) is 23.8 Å². The van der Waals surface area contributed by atoms with Crippen LogP contribution in [0.4, 0.5) is 11.5 Å². The lowest BCUT2D eigenvalue weighted by Gasteiger charge is -2.23. The van der Waals surface area contributed by atoms with Gasteiger partial charge in [0.1, 0.15) is 0 Å². The van der Waals surface area contributed by atoms with E-state index in [4.69, 9.17) is 10.5 Å². The minimum Gasteiger partial charge on any atom is -0.481 e. The molecule has 0 aliphatic heterocycles. The van der Waals surface area contributed by atoms with Crippen molar-refractivity contribution in [2.75, 3.05) is 24.3 Å². The van der Waals surface area contributed by atoms with Gasteiger partial charge in [0.2, 0.25) is 5.88 Å². The summed E-state index contributed by atoms with van der Waals surface area (Å²) in [5.41, 5.74) is 8.66. The van der Waals surface area contributed by atoms with Crippen molar-refractivity contribution in [3.05, 3.63) is 41.7 Å². The summed E-state index contributed by atoms with van der Waals surface area (Å²) < 4.78 is 5.16. The van der Waals surface area contributed by atoms with E-state index in [9.17, 15) is 0 Å². The lowest BCUT2D eigenvalue weighted by molar-refractivity contribution is 0.398. The van der Waals surface area contributed by atoms with Gasteiger partial charge in [-0.25, -0.2) is 0 Å². The highest BCUT2D eigenvalue weighted by Gasteiger charge is 2.12. The number of anilines is 2. The van der Waals surface area contributed by atoms with Crippen molar-refractivity contribution in [1.82, 2.24) is 9.97 Å². The number of rotatable bonds is 5. The minimum atomic E-state index is 0.560. The van der Waals surface area contributed by atoms with Gasteiger partial charge >= 0.3 is 0 Å². The summed E-state index contributed by atoms with van der Waals surface area (Å²) in [5, 5.41) is 0. The van der Waals surface area contributed by atoms with Crippen LogP contribution in [0.2, 0.25) is 0 Å². The summed E-state index contributed by atoms with van der Waals surface area (Å²) in [6, 6.07) is 9.57. The monoisotopic (exact) mass is 272 g/mol. The average molecular weight is 272 g/mol. The van der Waals surface area contributed by atoms with Crippen LogP contribution in [0.5, 0.6) is 5.88 Å². The zero-order valence-corrected chi connectivity index (χ0v) is 12.1. The van der Waals surface area contributed by atoms with Gasteiger partial charge in [0.25, 0.3) is 0 Å². The van der Waals surface area contributed by atoms with Crippen molar-refractivity contribution in [2.24, 2.45) is 0 Å². The van der Waals surface area contributed by atoms with Crippen molar-refractivity contribution < 1.29 is 4.74 Å². The van der Waals surface area contributed by atoms with Gasteiger partial charge in [0.15, 0.2) is 5.82 Å². The third kappa shape index (κ3) is 3.17. The van der Waals surface area contributed by atoms with Gasteiger partial charge in [0.05, 0.1) is 25.0 Å². The molecular weight excluding hydrogens is 252 g/mol. The topological polar surface area (TPSA) is 64.3 Å². The fraction of sp³-hybridized carbons (Fsp3) is 0.333. The number of hydrogen-bond acceptors (Lipinski definition) is 5.